The maximum Gasteiger partial charge on any atom is 0.323 e. The van der Waals surface area contributed by atoms with Crippen LogP contribution in [0, 0.1) is 0 Å². The highest BCUT2D eigenvalue weighted by molar-refractivity contribution is 8.00. The van der Waals surface area contributed by atoms with E-state index in [-0.39, 0.29) is 24.1 Å². The quantitative estimate of drug-likeness (QED) is 0.798. The zero-order valence-electron chi connectivity index (χ0n) is 13.0. The van der Waals surface area contributed by atoms with Gasteiger partial charge in [-0.05, 0) is 25.0 Å². The van der Waals surface area contributed by atoms with Gasteiger partial charge in [-0.1, -0.05) is 12.1 Å². The molecule has 1 aliphatic heterocycles. The lowest BCUT2D eigenvalue weighted by Gasteiger charge is -2.18. The van der Waals surface area contributed by atoms with Crippen LogP contribution in [-0.4, -0.2) is 65.1 Å². The molecule has 2 amide bonds. The molecule has 2 rings (SSSR count). The summed E-state index contributed by atoms with van der Waals surface area (Å²) in [7, 11) is 1.45. The molecule has 1 heterocycles. The fraction of sp³-hybridized carbons (Fsp3) is 0.438. The number of amides is 2. The average molecular weight is 336 g/mol. The molecule has 1 aromatic carbocycles. The van der Waals surface area contributed by atoms with Gasteiger partial charge in [-0.3, -0.25) is 14.4 Å². The number of nitrogens with zero attached hydrogens (tertiary/aromatic N) is 2. The number of rotatable bonds is 6. The monoisotopic (exact) mass is 336 g/mol. The van der Waals surface area contributed by atoms with Crippen molar-refractivity contribution in [2.75, 3.05) is 32.4 Å². The first-order valence-electron chi connectivity index (χ1n) is 7.46. The van der Waals surface area contributed by atoms with Crippen LogP contribution in [0.25, 0.3) is 0 Å². The topological polar surface area (TPSA) is 77.9 Å². The Morgan fingerprint density at radius 1 is 1.22 bits per heavy atom. The van der Waals surface area contributed by atoms with Crippen LogP contribution in [0.5, 0.6) is 0 Å². The van der Waals surface area contributed by atoms with E-state index in [0.29, 0.717) is 10.5 Å². The molecule has 0 radical (unpaired) electrons. The summed E-state index contributed by atoms with van der Waals surface area (Å²) in [5.41, 5.74) is 0.426. The van der Waals surface area contributed by atoms with Gasteiger partial charge in [-0.2, -0.15) is 0 Å². The lowest BCUT2D eigenvalue weighted by molar-refractivity contribution is -0.137. The number of thioether (sulfide) groups is 1. The highest BCUT2D eigenvalue weighted by Crippen LogP contribution is 2.24. The Morgan fingerprint density at radius 2 is 1.87 bits per heavy atom. The van der Waals surface area contributed by atoms with Gasteiger partial charge in [0, 0.05) is 25.0 Å². The van der Waals surface area contributed by atoms with E-state index in [1.165, 1.54) is 18.8 Å². The number of aliphatic carboxylic acids is 1. The Balaban J connectivity index is 2.03. The van der Waals surface area contributed by atoms with Crippen LogP contribution >= 0.6 is 11.8 Å². The Bertz CT molecular complexity index is 599. The molecule has 0 unspecified atom stereocenters. The molecule has 1 aliphatic rings. The molecular weight excluding hydrogens is 316 g/mol. The number of hydrogen-bond donors (Lipinski definition) is 1. The summed E-state index contributed by atoms with van der Waals surface area (Å²) < 4.78 is 0. The number of carboxylic acids is 1. The van der Waals surface area contributed by atoms with E-state index in [4.69, 9.17) is 5.11 Å². The van der Waals surface area contributed by atoms with Crippen molar-refractivity contribution in [1.29, 1.82) is 0 Å². The predicted molar refractivity (Wildman–Crippen MR) is 87.6 cm³/mol. The van der Waals surface area contributed by atoms with E-state index < -0.39 is 5.97 Å². The van der Waals surface area contributed by atoms with Gasteiger partial charge >= 0.3 is 5.97 Å². The number of carbonyl (C=O) groups excluding carboxylic acids is 2. The van der Waals surface area contributed by atoms with Crippen LogP contribution in [0.15, 0.2) is 29.2 Å². The zero-order valence-corrected chi connectivity index (χ0v) is 13.8. The Hall–Kier alpha value is -2.02. The van der Waals surface area contributed by atoms with E-state index in [1.807, 2.05) is 4.90 Å². The average Bonchev–Trinajstić information content (AvgIpc) is 3.06. The van der Waals surface area contributed by atoms with Gasteiger partial charge in [0.15, 0.2) is 0 Å². The van der Waals surface area contributed by atoms with Crippen molar-refractivity contribution in [3.05, 3.63) is 29.8 Å². The molecule has 0 aliphatic carbocycles. The number of benzene rings is 1. The van der Waals surface area contributed by atoms with E-state index in [2.05, 4.69) is 0 Å². The lowest BCUT2D eigenvalue weighted by Crippen LogP contribution is -2.32. The SMILES string of the molecule is CN(CC(=O)O)C(=O)c1ccccc1SCC(=O)N1CCCC1. The summed E-state index contributed by atoms with van der Waals surface area (Å²) in [6.07, 6.45) is 2.09. The van der Waals surface area contributed by atoms with Crippen molar-refractivity contribution in [1.82, 2.24) is 9.80 Å². The van der Waals surface area contributed by atoms with Crippen molar-refractivity contribution in [2.24, 2.45) is 0 Å². The van der Waals surface area contributed by atoms with Crippen molar-refractivity contribution >= 4 is 29.5 Å². The molecule has 23 heavy (non-hydrogen) atoms. The zero-order chi connectivity index (χ0) is 16.8. The third-order valence-corrected chi connectivity index (χ3v) is 4.70. The van der Waals surface area contributed by atoms with E-state index in [1.54, 1.807) is 24.3 Å². The maximum absolute atomic E-state index is 12.4. The minimum Gasteiger partial charge on any atom is -0.480 e. The highest BCUT2D eigenvalue weighted by Gasteiger charge is 2.21. The summed E-state index contributed by atoms with van der Waals surface area (Å²) in [4.78, 5) is 38.9. The molecule has 1 N–H and O–H groups in total. The second kappa shape index (κ2) is 8.01. The number of hydrogen-bond acceptors (Lipinski definition) is 4. The van der Waals surface area contributed by atoms with Crippen LogP contribution in [0.1, 0.15) is 23.2 Å². The van der Waals surface area contributed by atoms with E-state index in [9.17, 15) is 14.4 Å². The van der Waals surface area contributed by atoms with Crippen molar-refractivity contribution in [3.63, 3.8) is 0 Å². The van der Waals surface area contributed by atoms with Crippen molar-refractivity contribution in [2.45, 2.75) is 17.7 Å². The summed E-state index contributed by atoms with van der Waals surface area (Å²) in [6.45, 7) is 1.26. The maximum atomic E-state index is 12.4. The van der Waals surface area contributed by atoms with E-state index in [0.717, 1.165) is 30.8 Å². The first-order chi connectivity index (χ1) is 11.0. The standard InChI is InChI=1S/C16H20N2O4S/c1-17(10-15(20)21)16(22)12-6-2-3-7-13(12)23-11-14(19)18-8-4-5-9-18/h2-3,6-7H,4-5,8-11H2,1H3,(H,20,21). The Labute approximate surface area is 139 Å². The summed E-state index contributed by atoms with van der Waals surface area (Å²) >= 11 is 1.32. The van der Waals surface area contributed by atoms with Gasteiger partial charge in [0.25, 0.3) is 5.91 Å². The Morgan fingerprint density at radius 3 is 2.52 bits per heavy atom. The molecule has 7 heteroatoms. The van der Waals surface area contributed by atoms with Crippen LogP contribution in [0.4, 0.5) is 0 Å². The lowest BCUT2D eigenvalue weighted by atomic mass is 10.2. The van der Waals surface area contributed by atoms with Crippen LogP contribution in [0.2, 0.25) is 0 Å². The second-order valence-electron chi connectivity index (χ2n) is 5.43. The number of carboxylic acid groups (broad SMARTS) is 1. The van der Waals surface area contributed by atoms with Crippen LogP contribution in [0.3, 0.4) is 0 Å². The first kappa shape index (κ1) is 17.3. The molecule has 0 saturated carbocycles. The molecule has 1 saturated heterocycles. The molecule has 1 aromatic rings. The molecular formula is C16H20N2O4S. The number of carbonyl (C=O) groups is 3. The van der Waals surface area contributed by atoms with Gasteiger partial charge < -0.3 is 14.9 Å². The smallest absolute Gasteiger partial charge is 0.323 e. The fourth-order valence-electron chi connectivity index (χ4n) is 2.45. The molecule has 0 atom stereocenters. The van der Waals surface area contributed by atoms with Crippen molar-refractivity contribution < 1.29 is 19.5 Å². The highest BCUT2D eigenvalue weighted by atomic mass is 32.2. The van der Waals surface area contributed by atoms with E-state index >= 15 is 0 Å². The molecule has 124 valence electrons. The van der Waals surface area contributed by atoms with Crippen molar-refractivity contribution in [3.8, 4) is 0 Å². The summed E-state index contributed by atoms with van der Waals surface area (Å²) in [6, 6.07) is 6.97. The van der Waals surface area contributed by atoms with Gasteiger partial charge in [-0.25, -0.2) is 0 Å². The minimum absolute atomic E-state index is 0.0774. The fourth-order valence-corrected chi connectivity index (χ4v) is 3.39. The molecule has 0 bridgehead atoms. The third kappa shape index (κ3) is 4.72. The Kier molecular flexibility index (Phi) is 6.04. The number of likely N-dealkylation sites (tertiary alicyclic amines) is 1. The molecule has 0 spiro atoms. The van der Waals surface area contributed by atoms with Gasteiger partial charge in [-0.15, -0.1) is 11.8 Å². The van der Waals surface area contributed by atoms with Crippen LogP contribution < -0.4 is 0 Å². The molecule has 0 aromatic heterocycles. The third-order valence-electron chi connectivity index (χ3n) is 3.65. The summed E-state index contributed by atoms with van der Waals surface area (Å²) in [5.74, 6) is -1.06. The summed E-state index contributed by atoms with van der Waals surface area (Å²) in [5, 5.41) is 8.80. The molecule has 6 nitrogen and oxygen atoms in total. The van der Waals surface area contributed by atoms with Crippen LogP contribution in [-0.2, 0) is 9.59 Å². The largest absolute Gasteiger partial charge is 0.480 e. The first-order valence-corrected chi connectivity index (χ1v) is 8.44. The second-order valence-corrected chi connectivity index (χ2v) is 6.44. The normalized spacial score (nSPS) is 13.9. The minimum atomic E-state index is -1.06. The predicted octanol–water partition coefficient (Wildman–Crippen LogP) is 1.56. The van der Waals surface area contributed by atoms with Gasteiger partial charge in [0.1, 0.15) is 6.54 Å². The van der Waals surface area contributed by atoms with Gasteiger partial charge in [0.2, 0.25) is 5.91 Å². The molecule has 1 fully saturated rings. The number of likely N-dealkylation sites (N-methyl/N-ethyl adjacent to an activating group) is 1. The van der Waals surface area contributed by atoms with Gasteiger partial charge in [0.05, 0.1) is 11.3 Å².